The van der Waals surface area contributed by atoms with Crippen molar-refractivity contribution in [2.45, 2.75) is 6.92 Å². The van der Waals surface area contributed by atoms with Gasteiger partial charge < -0.3 is 9.42 Å². The van der Waals surface area contributed by atoms with Crippen LogP contribution in [0.3, 0.4) is 0 Å². The van der Waals surface area contributed by atoms with Crippen molar-refractivity contribution >= 4 is 16.8 Å². The highest BCUT2D eigenvalue weighted by Crippen LogP contribution is 2.27. The molecule has 1 saturated heterocycles. The van der Waals surface area contributed by atoms with Gasteiger partial charge in [0.1, 0.15) is 0 Å². The fraction of sp³-hybridized carbons (Fsp3) is 0.400. The van der Waals surface area contributed by atoms with Gasteiger partial charge in [-0.25, -0.2) is 0 Å². The van der Waals surface area contributed by atoms with Crippen LogP contribution >= 0.6 is 0 Å². The van der Waals surface area contributed by atoms with Crippen molar-refractivity contribution in [3.63, 3.8) is 0 Å². The predicted molar refractivity (Wildman–Crippen MR) is 76.2 cm³/mol. The maximum absolute atomic E-state index is 5.42. The van der Waals surface area contributed by atoms with Crippen LogP contribution in [0.5, 0.6) is 0 Å². The highest BCUT2D eigenvalue weighted by molar-refractivity contribution is 5.89. The van der Waals surface area contributed by atoms with Gasteiger partial charge in [-0.15, -0.1) is 6.42 Å². The lowest BCUT2D eigenvalue weighted by Gasteiger charge is -2.33. The summed E-state index contributed by atoms with van der Waals surface area (Å²) in [5.41, 5.74) is 2.05. The Kier molecular flexibility index (Phi) is 3.14. The second kappa shape index (κ2) is 4.94. The summed E-state index contributed by atoms with van der Waals surface area (Å²) in [5.74, 6) is 3.65. The van der Waals surface area contributed by atoms with Crippen LogP contribution in [0.15, 0.2) is 22.7 Å². The molecule has 1 aromatic heterocycles. The number of rotatable bonds is 2. The van der Waals surface area contributed by atoms with Crippen LogP contribution in [-0.4, -0.2) is 42.8 Å². The largest absolute Gasteiger partial charge is 0.354 e. The Hall–Kier alpha value is -1.99. The quantitative estimate of drug-likeness (QED) is 0.767. The molecule has 2 aromatic rings. The number of nitrogens with zero attached hydrogens (tertiary/aromatic N) is 3. The highest BCUT2D eigenvalue weighted by Gasteiger charge is 2.20. The molecule has 0 spiro atoms. The lowest BCUT2D eigenvalue weighted by Crippen LogP contribution is -2.46. The van der Waals surface area contributed by atoms with E-state index in [0.717, 1.165) is 49.5 Å². The zero-order chi connectivity index (χ0) is 13.2. The molecule has 0 N–H and O–H groups in total. The van der Waals surface area contributed by atoms with E-state index in [4.69, 9.17) is 10.9 Å². The molecule has 0 radical (unpaired) electrons. The third-order valence-electron chi connectivity index (χ3n) is 3.60. The number of hydrogen-bond donors (Lipinski definition) is 0. The van der Waals surface area contributed by atoms with Crippen LogP contribution in [0, 0.1) is 19.3 Å². The van der Waals surface area contributed by atoms with Crippen molar-refractivity contribution in [2.75, 3.05) is 37.6 Å². The molecule has 98 valence electrons. The van der Waals surface area contributed by atoms with E-state index in [-0.39, 0.29) is 0 Å². The zero-order valence-electron chi connectivity index (χ0n) is 11.1. The fourth-order valence-electron chi connectivity index (χ4n) is 2.51. The topological polar surface area (TPSA) is 32.5 Å². The van der Waals surface area contributed by atoms with Crippen molar-refractivity contribution in [3.05, 3.63) is 23.8 Å². The first-order chi connectivity index (χ1) is 9.28. The molecular formula is C15H17N3O. The molecule has 1 aromatic carbocycles. The van der Waals surface area contributed by atoms with Gasteiger partial charge in [0.2, 0.25) is 0 Å². The fourth-order valence-corrected chi connectivity index (χ4v) is 2.51. The number of anilines is 1. The molecule has 0 atom stereocenters. The van der Waals surface area contributed by atoms with Gasteiger partial charge in [-0.05, 0) is 24.6 Å². The van der Waals surface area contributed by atoms with E-state index in [0.29, 0.717) is 0 Å². The molecule has 1 fully saturated rings. The first-order valence-corrected chi connectivity index (χ1v) is 6.55. The van der Waals surface area contributed by atoms with E-state index in [1.165, 1.54) is 5.56 Å². The van der Waals surface area contributed by atoms with Gasteiger partial charge in [0.15, 0.2) is 11.4 Å². The number of benzene rings is 1. The molecule has 3 rings (SSSR count). The van der Waals surface area contributed by atoms with Crippen LogP contribution < -0.4 is 4.90 Å². The van der Waals surface area contributed by atoms with Gasteiger partial charge in [0.05, 0.1) is 11.9 Å². The molecule has 1 aliphatic rings. The smallest absolute Gasteiger partial charge is 0.180 e. The molecule has 0 saturated carbocycles. The van der Waals surface area contributed by atoms with E-state index in [1.54, 1.807) is 0 Å². The predicted octanol–water partition coefficient (Wildman–Crippen LogP) is 1.89. The number of fused-ring (bicyclic) bond motifs is 1. The molecule has 0 aliphatic carbocycles. The third kappa shape index (κ3) is 2.29. The Morgan fingerprint density at radius 3 is 2.84 bits per heavy atom. The van der Waals surface area contributed by atoms with E-state index >= 15 is 0 Å². The van der Waals surface area contributed by atoms with Crippen LogP contribution in [-0.2, 0) is 0 Å². The standard InChI is InChI=1S/C15H17N3O/c1-3-6-17-7-9-18(10-8-17)15-13-5-4-12(2)11-14(13)19-16-15/h1,4-5,11H,6-10H2,2H3. The summed E-state index contributed by atoms with van der Waals surface area (Å²) in [6, 6.07) is 6.21. The minimum atomic E-state index is 0.729. The third-order valence-corrected chi connectivity index (χ3v) is 3.60. The summed E-state index contributed by atoms with van der Waals surface area (Å²) in [7, 11) is 0. The van der Waals surface area contributed by atoms with Crippen molar-refractivity contribution in [1.29, 1.82) is 0 Å². The van der Waals surface area contributed by atoms with E-state index in [2.05, 4.69) is 39.9 Å². The Balaban J connectivity index is 1.81. The van der Waals surface area contributed by atoms with Crippen molar-refractivity contribution < 1.29 is 4.52 Å². The normalized spacial score (nSPS) is 16.7. The second-order valence-corrected chi connectivity index (χ2v) is 4.97. The van der Waals surface area contributed by atoms with Gasteiger partial charge in [-0.1, -0.05) is 17.1 Å². The minimum Gasteiger partial charge on any atom is -0.354 e. The van der Waals surface area contributed by atoms with Gasteiger partial charge >= 0.3 is 0 Å². The first kappa shape index (κ1) is 12.1. The molecule has 1 aliphatic heterocycles. The number of terminal acetylenes is 1. The van der Waals surface area contributed by atoms with Crippen molar-refractivity contribution in [3.8, 4) is 12.3 Å². The van der Waals surface area contributed by atoms with E-state index < -0.39 is 0 Å². The van der Waals surface area contributed by atoms with E-state index in [9.17, 15) is 0 Å². The lowest BCUT2D eigenvalue weighted by molar-refractivity contribution is 0.286. The number of aryl methyl sites for hydroxylation is 1. The Bertz CT molecular complexity index is 618. The number of hydrogen-bond acceptors (Lipinski definition) is 4. The van der Waals surface area contributed by atoms with Crippen molar-refractivity contribution in [1.82, 2.24) is 10.1 Å². The summed E-state index contributed by atoms with van der Waals surface area (Å²) in [4.78, 5) is 4.55. The average Bonchev–Trinajstić information content (AvgIpc) is 2.83. The molecule has 0 unspecified atom stereocenters. The maximum atomic E-state index is 5.42. The average molecular weight is 255 g/mol. The van der Waals surface area contributed by atoms with Crippen molar-refractivity contribution in [2.24, 2.45) is 0 Å². The van der Waals surface area contributed by atoms with Gasteiger partial charge in [-0.2, -0.15) is 0 Å². The summed E-state index contributed by atoms with van der Waals surface area (Å²) < 4.78 is 5.42. The highest BCUT2D eigenvalue weighted by atomic mass is 16.5. The van der Waals surface area contributed by atoms with Gasteiger partial charge in [0, 0.05) is 26.2 Å². The molecule has 19 heavy (non-hydrogen) atoms. The monoisotopic (exact) mass is 255 g/mol. The molecule has 4 nitrogen and oxygen atoms in total. The minimum absolute atomic E-state index is 0.729. The number of aromatic nitrogens is 1. The van der Waals surface area contributed by atoms with Gasteiger partial charge in [-0.3, -0.25) is 4.90 Å². The molecule has 0 bridgehead atoms. The molecule has 2 heterocycles. The van der Waals surface area contributed by atoms with Crippen LogP contribution in [0.2, 0.25) is 0 Å². The Morgan fingerprint density at radius 2 is 2.11 bits per heavy atom. The molecule has 0 amide bonds. The van der Waals surface area contributed by atoms with Crippen LogP contribution in [0.4, 0.5) is 5.82 Å². The zero-order valence-corrected chi connectivity index (χ0v) is 11.1. The Morgan fingerprint density at radius 1 is 1.32 bits per heavy atom. The van der Waals surface area contributed by atoms with Crippen LogP contribution in [0.25, 0.3) is 11.0 Å². The second-order valence-electron chi connectivity index (χ2n) is 4.97. The number of piperazine rings is 1. The lowest BCUT2D eigenvalue weighted by atomic mass is 10.2. The summed E-state index contributed by atoms with van der Waals surface area (Å²) in [6.45, 7) is 6.62. The molecule has 4 heteroatoms. The maximum Gasteiger partial charge on any atom is 0.180 e. The SMILES string of the molecule is C#CCN1CCN(c2noc3cc(C)ccc23)CC1. The summed E-state index contributed by atoms with van der Waals surface area (Å²) in [6.07, 6.45) is 5.34. The van der Waals surface area contributed by atoms with Gasteiger partial charge in [0.25, 0.3) is 0 Å². The molecular weight excluding hydrogens is 238 g/mol. The summed E-state index contributed by atoms with van der Waals surface area (Å²) >= 11 is 0. The van der Waals surface area contributed by atoms with E-state index in [1.807, 2.05) is 6.07 Å². The first-order valence-electron chi connectivity index (χ1n) is 6.55. The Labute approximate surface area is 113 Å². The summed E-state index contributed by atoms with van der Waals surface area (Å²) in [5, 5.41) is 5.32. The van der Waals surface area contributed by atoms with Crippen LogP contribution in [0.1, 0.15) is 5.56 Å².